The molecule has 0 saturated carbocycles. The van der Waals surface area contributed by atoms with Gasteiger partial charge in [-0.3, -0.25) is 4.79 Å². The van der Waals surface area contributed by atoms with Crippen molar-refractivity contribution in [2.24, 2.45) is 0 Å². The highest BCUT2D eigenvalue weighted by molar-refractivity contribution is 8.26. The van der Waals surface area contributed by atoms with Gasteiger partial charge in [-0.15, -0.1) is 0 Å². The summed E-state index contributed by atoms with van der Waals surface area (Å²) < 4.78 is 11.8. The van der Waals surface area contributed by atoms with E-state index in [-0.39, 0.29) is 5.91 Å². The molecular formula is C24H19NO3S2. The van der Waals surface area contributed by atoms with Gasteiger partial charge in [-0.2, -0.15) is 0 Å². The number of methoxy groups -OCH3 is 1. The predicted octanol–water partition coefficient (Wildman–Crippen LogP) is 5.43. The number of hydrogen-bond donors (Lipinski definition) is 1. The second-order valence-electron chi connectivity index (χ2n) is 6.61. The van der Waals surface area contributed by atoms with E-state index in [1.54, 1.807) is 7.11 Å². The normalized spacial score (nSPS) is 14.6. The monoisotopic (exact) mass is 433 g/mol. The SMILES string of the molecule is COc1ccc(-c2ccc(OCc3ccccc3)c(/C=C3/SC(=S)NC3=O)c2)cc1. The van der Waals surface area contributed by atoms with Crippen LogP contribution in [0.4, 0.5) is 0 Å². The molecule has 3 aromatic carbocycles. The van der Waals surface area contributed by atoms with Crippen molar-refractivity contribution in [1.82, 2.24) is 5.32 Å². The minimum atomic E-state index is -0.186. The zero-order valence-electron chi connectivity index (χ0n) is 16.3. The molecule has 4 rings (SSSR count). The van der Waals surface area contributed by atoms with Crippen LogP contribution in [0.2, 0.25) is 0 Å². The Morgan fingerprint density at radius 3 is 2.40 bits per heavy atom. The Labute approximate surface area is 184 Å². The predicted molar refractivity (Wildman–Crippen MR) is 126 cm³/mol. The average Bonchev–Trinajstić information content (AvgIpc) is 3.10. The Morgan fingerprint density at radius 2 is 1.73 bits per heavy atom. The number of carbonyl (C=O) groups is 1. The lowest BCUT2D eigenvalue weighted by atomic mass is 10.0. The van der Waals surface area contributed by atoms with Crippen LogP contribution >= 0.6 is 24.0 Å². The number of thiocarbonyl (C=S) groups is 1. The highest BCUT2D eigenvalue weighted by atomic mass is 32.2. The smallest absolute Gasteiger partial charge is 0.263 e. The maximum atomic E-state index is 12.2. The molecule has 0 unspecified atom stereocenters. The number of ether oxygens (including phenoxy) is 2. The van der Waals surface area contributed by atoms with Crippen LogP contribution in [0.5, 0.6) is 11.5 Å². The van der Waals surface area contributed by atoms with Crippen molar-refractivity contribution in [2.45, 2.75) is 6.61 Å². The molecule has 1 fully saturated rings. The van der Waals surface area contributed by atoms with Crippen molar-refractivity contribution in [2.75, 3.05) is 7.11 Å². The second kappa shape index (κ2) is 9.15. The number of thioether (sulfide) groups is 1. The van der Waals surface area contributed by atoms with Gasteiger partial charge in [0.2, 0.25) is 0 Å². The Morgan fingerprint density at radius 1 is 1.00 bits per heavy atom. The summed E-state index contributed by atoms with van der Waals surface area (Å²) in [5, 5.41) is 2.66. The molecule has 1 amide bonds. The van der Waals surface area contributed by atoms with Crippen LogP contribution in [0.1, 0.15) is 11.1 Å². The van der Waals surface area contributed by atoms with E-state index in [0.717, 1.165) is 28.0 Å². The third-order valence-corrected chi connectivity index (χ3v) is 5.76. The molecule has 6 heteroatoms. The van der Waals surface area contributed by atoms with Crippen LogP contribution in [0.25, 0.3) is 17.2 Å². The second-order valence-corrected chi connectivity index (χ2v) is 8.33. The molecular weight excluding hydrogens is 414 g/mol. The van der Waals surface area contributed by atoms with E-state index in [2.05, 4.69) is 5.32 Å². The molecule has 0 bridgehead atoms. The van der Waals surface area contributed by atoms with Gasteiger partial charge in [-0.25, -0.2) is 0 Å². The van der Waals surface area contributed by atoms with Gasteiger partial charge in [0.1, 0.15) is 22.4 Å². The fourth-order valence-corrected chi connectivity index (χ4v) is 4.09. The Kier molecular flexibility index (Phi) is 6.16. The van der Waals surface area contributed by atoms with Crippen LogP contribution in [0.15, 0.2) is 77.7 Å². The average molecular weight is 434 g/mol. The molecule has 0 aliphatic carbocycles. The van der Waals surface area contributed by atoms with Crippen molar-refractivity contribution >= 4 is 40.3 Å². The van der Waals surface area contributed by atoms with E-state index < -0.39 is 0 Å². The third-order valence-electron chi connectivity index (χ3n) is 4.60. The number of rotatable bonds is 6. The van der Waals surface area contributed by atoms with E-state index in [1.807, 2.05) is 78.9 Å². The lowest BCUT2D eigenvalue weighted by molar-refractivity contribution is -0.115. The maximum absolute atomic E-state index is 12.2. The van der Waals surface area contributed by atoms with Crippen LogP contribution in [-0.4, -0.2) is 17.3 Å². The molecule has 0 spiro atoms. The van der Waals surface area contributed by atoms with Gasteiger partial charge in [-0.1, -0.05) is 72.5 Å². The topological polar surface area (TPSA) is 47.6 Å². The lowest BCUT2D eigenvalue weighted by Gasteiger charge is -2.12. The molecule has 0 aromatic heterocycles. The Hall–Kier alpha value is -3.09. The summed E-state index contributed by atoms with van der Waals surface area (Å²) in [6, 6.07) is 23.8. The summed E-state index contributed by atoms with van der Waals surface area (Å²) in [5.41, 5.74) is 3.96. The standard InChI is InChI=1S/C24H19NO3S2/c1-27-20-10-7-17(8-11-20)18-9-12-21(28-15-16-5-3-2-4-6-16)19(13-18)14-22-23(26)25-24(29)30-22/h2-14H,15H2,1H3,(H,25,26,29)/b22-14+. The van der Waals surface area contributed by atoms with E-state index in [1.165, 1.54) is 11.8 Å². The molecule has 3 aromatic rings. The number of benzene rings is 3. The summed E-state index contributed by atoms with van der Waals surface area (Å²) >= 11 is 6.37. The Bertz CT molecular complexity index is 1110. The minimum absolute atomic E-state index is 0.186. The highest BCUT2D eigenvalue weighted by Crippen LogP contribution is 2.33. The van der Waals surface area contributed by atoms with Gasteiger partial charge < -0.3 is 14.8 Å². The van der Waals surface area contributed by atoms with Gasteiger partial charge in [-0.05, 0) is 47.0 Å². The van der Waals surface area contributed by atoms with Gasteiger partial charge in [0, 0.05) is 5.56 Å². The van der Waals surface area contributed by atoms with Crippen molar-refractivity contribution < 1.29 is 14.3 Å². The lowest BCUT2D eigenvalue weighted by Crippen LogP contribution is -2.17. The molecule has 150 valence electrons. The number of nitrogens with one attached hydrogen (secondary N) is 1. The molecule has 1 N–H and O–H groups in total. The fourth-order valence-electron chi connectivity index (χ4n) is 3.05. The number of amides is 1. The van der Waals surface area contributed by atoms with E-state index in [9.17, 15) is 4.79 Å². The van der Waals surface area contributed by atoms with Gasteiger partial charge in [0.15, 0.2) is 0 Å². The van der Waals surface area contributed by atoms with Crippen LogP contribution in [0, 0.1) is 0 Å². The number of carbonyl (C=O) groups excluding carboxylic acids is 1. The minimum Gasteiger partial charge on any atom is -0.497 e. The summed E-state index contributed by atoms with van der Waals surface area (Å²) in [4.78, 5) is 12.7. The third kappa shape index (κ3) is 4.72. The van der Waals surface area contributed by atoms with Crippen molar-refractivity contribution in [3.63, 3.8) is 0 Å². The summed E-state index contributed by atoms with van der Waals surface area (Å²) in [7, 11) is 1.65. The zero-order valence-corrected chi connectivity index (χ0v) is 17.9. The summed E-state index contributed by atoms with van der Waals surface area (Å²) in [6.45, 7) is 0.441. The molecule has 1 aliphatic heterocycles. The number of hydrogen-bond acceptors (Lipinski definition) is 5. The van der Waals surface area contributed by atoms with Gasteiger partial charge in [0.05, 0.1) is 12.0 Å². The van der Waals surface area contributed by atoms with Crippen molar-refractivity contribution in [3.8, 4) is 22.6 Å². The fraction of sp³-hybridized carbons (Fsp3) is 0.0833. The van der Waals surface area contributed by atoms with Gasteiger partial charge in [0.25, 0.3) is 5.91 Å². The van der Waals surface area contributed by atoms with Crippen molar-refractivity contribution in [3.05, 3.63) is 88.8 Å². The maximum Gasteiger partial charge on any atom is 0.263 e. The van der Waals surface area contributed by atoms with E-state index in [4.69, 9.17) is 21.7 Å². The first-order valence-corrected chi connectivity index (χ1v) is 10.5. The van der Waals surface area contributed by atoms with Crippen molar-refractivity contribution in [1.29, 1.82) is 0 Å². The van der Waals surface area contributed by atoms with E-state index in [0.29, 0.717) is 21.6 Å². The largest absolute Gasteiger partial charge is 0.497 e. The molecule has 0 radical (unpaired) electrons. The van der Waals surface area contributed by atoms with Crippen LogP contribution in [0.3, 0.4) is 0 Å². The first-order chi connectivity index (χ1) is 14.6. The first-order valence-electron chi connectivity index (χ1n) is 9.32. The highest BCUT2D eigenvalue weighted by Gasteiger charge is 2.22. The molecule has 1 heterocycles. The molecule has 0 atom stereocenters. The quantitative estimate of drug-likeness (QED) is 0.415. The summed E-state index contributed by atoms with van der Waals surface area (Å²) in [6.07, 6.45) is 1.83. The van der Waals surface area contributed by atoms with Gasteiger partial charge >= 0.3 is 0 Å². The molecule has 4 nitrogen and oxygen atoms in total. The zero-order chi connectivity index (χ0) is 20.9. The van der Waals surface area contributed by atoms with Crippen LogP contribution in [-0.2, 0) is 11.4 Å². The molecule has 30 heavy (non-hydrogen) atoms. The first kappa shape index (κ1) is 20.2. The van der Waals surface area contributed by atoms with E-state index >= 15 is 0 Å². The molecule has 1 saturated heterocycles. The molecule has 1 aliphatic rings. The Balaban J connectivity index is 1.68. The summed E-state index contributed by atoms with van der Waals surface area (Å²) in [5.74, 6) is 1.32. The van der Waals surface area contributed by atoms with Crippen LogP contribution < -0.4 is 14.8 Å².